The Labute approximate surface area is 248 Å². The molecular weight excluding hydrogens is 576 g/mol. The minimum absolute atomic E-state index is 0.0667. The molecule has 2 heterocycles. The van der Waals surface area contributed by atoms with Crippen molar-refractivity contribution in [1.82, 2.24) is 4.98 Å². The SMILES string of the molecule is C[C@@H]1[C@H](CSc2ncccc2C(=O)O)O[C@H](c2ccc(NS(=O)(=O)c3ccccc3)cc2)O[C@@H]1c1ccc(CO)cc1. The lowest BCUT2D eigenvalue weighted by molar-refractivity contribution is -0.268. The number of benzene rings is 3. The van der Waals surface area contributed by atoms with Gasteiger partial charge in [0.25, 0.3) is 10.0 Å². The minimum atomic E-state index is -3.74. The van der Waals surface area contributed by atoms with E-state index >= 15 is 0 Å². The maximum Gasteiger partial charge on any atom is 0.338 e. The highest BCUT2D eigenvalue weighted by atomic mass is 32.2. The molecule has 0 bridgehead atoms. The Hall–Kier alpha value is -3.74. The van der Waals surface area contributed by atoms with E-state index in [0.29, 0.717) is 22.0 Å². The fourth-order valence-electron chi connectivity index (χ4n) is 4.66. The van der Waals surface area contributed by atoms with Crippen molar-refractivity contribution in [2.45, 2.75) is 42.0 Å². The molecule has 3 aromatic carbocycles. The number of hydrogen-bond donors (Lipinski definition) is 3. The van der Waals surface area contributed by atoms with Crippen molar-refractivity contribution >= 4 is 33.4 Å². The van der Waals surface area contributed by atoms with Crippen molar-refractivity contribution in [1.29, 1.82) is 0 Å². The van der Waals surface area contributed by atoms with Crippen LogP contribution >= 0.6 is 11.8 Å². The molecule has 3 N–H and O–H groups in total. The van der Waals surface area contributed by atoms with E-state index < -0.39 is 22.3 Å². The number of aromatic carboxylic acids is 1. The predicted molar refractivity (Wildman–Crippen MR) is 159 cm³/mol. The van der Waals surface area contributed by atoms with E-state index in [-0.39, 0.29) is 35.2 Å². The van der Waals surface area contributed by atoms with Crippen LogP contribution in [0.4, 0.5) is 5.69 Å². The van der Waals surface area contributed by atoms with Crippen molar-refractivity contribution in [2.24, 2.45) is 5.92 Å². The molecule has 0 spiro atoms. The second kappa shape index (κ2) is 13.1. The topological polar surface area (TPSA) is 135 Å². The van der Waals surface area contributed by atoms with Gasteiger partial charge in [0.05, 0.1) is 29.3 Å². The Balaban J connectivity index is 1.38. The van der Waals surface area contributed by atoms with Crippen LogP contribution in [0, 0.1) is 5.92 Å². The van der Waals surface area contributed by atoms with E-state index in [9.17, 15) is 23.4 Å². The van der Waals surface area contributed by atoms with Gasteiger partial charge in [-0.1, -0.05) is 61.5 Å². The summed E-state index contributed by atoms with van der Waals surface area (Å²) in [4.78, 5) is 16.1. The van der Waals surface area contributed by atoms with Gasteiger partial charge in [-0.25, -0.2) is 18.2 Å². The first-order chi connectivity index (χ1) is 20.2. The minimum Gasteiger partial charge on any atom is -0.478 e. The number of nitrogens with one attached hydrogen (secondary N) is 1. The Morgan fingerprint density at radius 2 is 1.62 bits per heavy atom. The molecule has 1 aromatic heterocycles. The van der Waals surface area contributed by atoms with E-state index in [1.165, 1.54) is 30.0 Å². The number of thioether (sulfide) groups is 1. The molecule has 4 atom stereocenters. The fourth-order valence-corrected chi connectivity index (χ4v) is 6.89. The van der Waals surface area contributed by atoms with Crippen molar-refractivity contribution in [3.8, 4) is 0 Å². The molecule has 4 aromatic rings. The molecule has 1 aliphatic rings. The second-order valence-electron chi connectivity index (χ2n) is 9.83. The van der Waals surface area contributed by atoms with E-state index in [1.807, 2.05) is 31.2 Å². The Morgan fingerprint density at radius 1 is 0.929 bits per heavy atom. The Kier molecular flexibility index (Phi) is 9.24. The standard InChI is InChI=1S/C31H30N2O7S2/c1-20-27(19-41-29-26(30(35)36)8-5-17-32-29)39-31(40-28(20)22-11-9-21(18-34)10-12-22)23-13-15-24(16-14-23)33-42(37,38)25-6-3-2-4-7-25/h2-17,20,27-28,31,33-34H,18-19H2,1H3,(H,35,36)/t20-,27+,28+,31+/m1/s1. The van der Waals surface area contributed by atoms with Crippen LogP contribution in [0.5, 0.6) is 0 Å². The number of aliphatic hydroxyl groups is 1. The van der Waals surface area contributed by atoms with Gasteiger partial charge in [-0.3, -0.25) is 4.72 Å². The number of carboxylic acids is 1. The van der Waals surface area contributed by atoms with E-state index in [4.69, 9.17) is 9.47 Å². The summed E-state index contributed by atoms with van der Waals surface area (Å²) in [6.07, 6.45) is 0.0966. The maximum absolute atomic E-state index is 12.7. The lowest BCUT2D eigenvalue weighted by Crippen LogP contribution is -2.38. The third kappa shape index (κ3) is 6.83. The Morgan fingerprint density at radius 3 is 2.29 bits per heavy atom. The number of nitrogens with zero attached hydrogens (tertiary/aromatic N) is 1. The second-order valence-corrected chi connectivity index (χ2v) is 12.5. The molecule has 0 unspecified atom stereocenters. The molecule has 0 aliphatic carbocycles. The van der Waals surface area contributed by atoms with Gasteiger partial charge in [0.2, 0.25) is 0 Å². The zero-order valence-corrected chi connectivity index (χ0v) is 24.3. The van der Waals surface area contributed by atoms with Crippen LogP contribution in [-0.2, 0) is 26.1 Å². The highest BCUT2D eigenvalue weighted by Gasteiger charge is 2.38. The van der Waals surface area contributed by atoms with Crippen LogP contribution in [0.15, 0.2) is 107 Å². The van der Waals surface area contributed by atoms with Crippen molar-refractivity contribution < 1.29 is 32.9 Å². The zero-order valence-electron chi connectivity index (χ0n) is 22.7. The van der Waals surface area contributed by atoms with E-state index in [2.05, 4.69) is 9.71 Å². The number of carbonyl (C=O) groups is 1. The Bertz CT molecular complexity index is 1620. The van der Waals surface area contributed by atoms with Gasteiger partial charge < -0.3 is 19.7 Å². The predicted octanol–water partition coefficient (Wildman–Crippen LogP) is 5.66. The van der Waals surface area contributed by atoms with Gasteiger partial charge >= 0.3 is 5.97 Å². The molecule has 1 aliphatic heterocycles. The summed E-state index contributed by atoms with van der Waals surface area (Å²) in [5.74, 6) is -0.727. The molecule has 1 saturated heterocycles. The zero-order chi connectivity index (χ0) is 29.7. The fraction of sp³-hybridized carbons (Fsp3) is 0.226. The van der Waals surface area contributed by atoms with Gasteiger partial charge in [-0.2, -0.15) is 0 Å². The van der Waals surface area contributed by atoms with Crippen LogP contribution in [0.3, 0.4) is 0 Å². The summed E-state index contributed by atoms with van der Waals surface area (Å²) in [5, 5.41) is 19.5. The highest BCUT2D eigenvalue weighted by molar-refractivity contribution is 7.99. The molecule has 5 rings (SSSR count). The molecule has 42 heavy (non-hydrogen) atoms. The van der Waals surface area contributed by atoms with Crippen molar-refractivity contribution in [3.63, 3.8) is 0 Å². The number of sulfonamides is 1. The average molecular weight is 607 g/mol. The lowest BCUT2D eigenvalue weighted by atomic mass is 9.91. The van der Waals surface area contributed by atoms with Crippen LogP contribution < -0.4 is 4.72 Å². The molecule has 9 nitrogen and oxygen atoms in total. The number of ether oxygens (including phenoxy) is 2. The third-order valence-corrected chi connectivity index (χ3v) is 9.49. The molecular formula is C31H30N2O7S2. The summed E-state index contributed by atoms with van der Waals surface area (Å²) < 4.78 is 41.0. The lowest BCUT2D eigenvalue weighted by Gasteiger charge is -2.41. The molecule has 0 saturated carbocycles. The number of pyridine rings is 1. The highest BCUT2D eigenvalue weighted by Crippen LogP contribution is 2.43. The van der Waals surface area contributed by atoms with Crippen LogP contribution in [0.25, 0.3) is 0 Å². The van der Waals surface area contributed by atoms with Crippen molar-refractivity contribution in [3.05, 3.63) is 119 Å². The smallest absolute Gasteiger partial charge is 0.338 e. The molecule has 0 amide bonds. The van der Waals surface area contributed by atoms with Crippen molar-refractivity contribution in [2.75, 3.05) is 10.5 Å². The van der Waals surface area contributed by atoms with Gasteiger partial charge in [0.1, 0.15) is 5.03 Å². The number of carboxylic acid groups (broad SMARTS) is 1. The summed E-state index contributed by atoms with van der Waals surface area (Å²) in [5.41, 5.74) is 2.92. The van der Waals surface area contributed by atoms with Crippen LogP contribution in [0.1, 0.15) is 46.4 Å². The quantitative estimate of drug-likeness (QED) is 0.196. The molecule has 218 valence electrons. The number of anilines is 1. The van der Waals surface area contributed by atoms with E-state index in [0.717, 1.165) is 11.1 Å². The monoisotopic (exact) mass is 606 g/mol. The summed E-state index contributed by atoms with van der Waals surface area (Å²) in [6.45, 7) is 1.95. The first-order valence-electron chi connectivity index (χ1n) is 13.2. The molecule has 11 heteroatoms. The summed E-state index contributed by atoms with van der Waals surface area (Å²) in [6, 6.07) is 25.6. The average Bonchev–Trinajstić information content (AvgIpc) is 3.01. The maximum atomic E-state index is 12.7. The van der Waals surface area contributed by atoms with Gasteiger partial charge in [0, 0.05) is 29.1 Å². The number of hydrogen-bond acceptors (Lipinski definition) is 8. The van der Waals surface area contributed by atoms with E-state index in [1.54, 1.807) is 54.7 Å². The molecule has 1 fully saturated rings. The first kappa shape index (κ1) is 29.7. The summed E-state index contributed by atoms with van der Waals surface area (Å²) in [7, 11) is -3.74. The first-order valence-corrected chi connectivity index (χ1v) is 15.7. The molecule has 0 radical (unpaired) electrons. The normalized spacial score (nSPS) is 20.6. The van der Waals surface area contributed by atoms with Gasteiger partial charge in [-0.05, 0) is 47.5 Å². The van der Waals surface area contributed by atoms with Gasteiger partial charge in [0.15, 0.2) is 6.29 Å². The van der Waals surface area contributed by atoms with Crippen LogP contribution in [-0.4, -0.2) is 41.4 Å². The number of aliphatic hydroxyl groups excluding tert-OH is 1. The van der Waals surface area contributed by atoms with Crippen LogP contribution in [0.2, 0.25) is 0 Å². The number of aromatic nitrogens is 1. The summed E-state index contributed by atoms with van der Waals surface area (Å²) >= 11 is 1.31. The third-order valence-electron chi connectivity index (χ3n) is 7.00. The largest absolute Gasteiger partial charge is 0.478 e. The van der Waals surface area contributed by atoms with Gasteiger partial charge in [-0.15, -0.1) is 11.8 Å². The number of rotatable bonds is 10.